The zero-order chi connectivity index (χ0) is 17.8. The lowest BCUT2D eigenvalue weighted by Crippen LogP contribution is -2.13. The normalized spacial score (nSPS) is 10.5. The van der Waals surface area contributed by atoms with E-state index in [-0.39, 0.29) is 5.91 Å². The van der Waals surface area contributed by atoms with E-state index in [1.54, 1.807) is 47.4 Å². The van der Waals surface area contributed by atoms with Crippen molar-refractivity contribution in [2.45, 2.75) is 6.92 Å². The van der Waals surface area contributed by atoms with Gasteiger partial charge in [-0.25, -0.2) is 9.78 Å². The maximum Gasteiger partial charge on any atom is 0.338 e. The molecule has 128 valence electrons. The van der Waals surface area contributed by atoms with Crippen LogP contribution in [0.1, 0.15) is 27.8 Å². The number of aryl methyl sites for hydroxylation is 1. The van der Waals surface area contributed by atoms with Gasteiger partial charge in [-0.3, -0.25) is 9.48 Å². The third-order valence-electron chi connectivity index (χ3n) is 3.32. The van der Waals surface area contributed by atoms with E-state index in [1.165, 1.54) is 11.3 Å². The summed E-state index contributed by atoms with van der Waals surface area (Å²) in [7, 11) is 1.82. The standard InChI is InChI=1S/C17H16N4O3S/c1-3-24-17(23)11-5-4-6-13(7-11)19-15(22)14-10-25-16(20-14)12-8-18-21(2)9-12/h4-10H,3H2,1-2H3,(H,19,22). The fraction of sp³-hybridized carbons (Fsp3) is 0.176. The van der Waals surface area contributed by atoms with Crippen LogP contribution < -0.4 is 5.32 Å². The van der Waals surface area contributed by atoms with Gasteiger partial charge in [-0.15, -0.1) is 11.3 Å². The van der Waals surface area contributed by atoms with Gasteiger partial charge in [0.2, 0.25) is 0 Å². The first-order valence-electron chi connectivity index (χ1n) is 7.60. The van der Waals surface area contributed by atoms with Gasteiger partial charge < -0.3 is 10.1 Å². The van der Waals surface area contributed by atoms with Crippen LogP contribution in [0.25, 0.3) is 10.6 Å². The number of carbonyl (C=O) groups excluding carboxylic acids is 2. The fourth-order valence-electron chi connectivity index (χ4n) is 2.18. The second kappa shape index (κ2) is 7.27. The number of rotatable bonds is 5. The van der Waals surface area contributed by atoms with E-state index < -0.39 is 5.97 Å². The topological polar surface area (TPSA) is 86.1 Å². The lowest BCUT2D eigenvalue weighted by molar-refractivity contribution is 0.0526. The molecule has 2 aromatic heterocycles. The summed E-state index contributed by atoms with van der Waals surface area (Å²) in [4.78, 5) is 28.5. The smallest absolute Gasteiger partial charge is 0.338 e. The van der Waals surface area contributed by atoms with Crippen LogP contribution in [-0.4, -0.2) is 33.2 Å². The summed E-state index contributed by atoms with van der Waals surface area (Å²) in [5, 5.41) is 9.25. The van der Waals surface area contributed by atoms with Crippen molar-refractivity contribution in [3.05, 3.63) is 53.3 Å². The monoisotopic (exact) mass is 356 g/mol. The number of hydrogen-bond donors (Lipinski definition) is 1. The number of nitrogens with zero attached hydrogens (tertiary/aromatic N) is 3. The van der Waals surface area contributed by atoms with Crippen molar-refractivity contribution < 1.29 is 14.3 Å². The molecule has 1 aromatic carbocycles. The molecule has 0 aliphatic carbocycles. The number of esters is 1. The zero-order valence-corrected chi connectivity index (χ0v) is 14.5. The summed E-state index contributed by atoms with van der Waals surface area (Å²) >= 11 is 1.37. The number of anilines is 1. The van der Waals surface area contributed by atoms with E-state index in [0.717, 1.165) is 10.6 Å². The molecule has 8 heteroatoms. The van der Waals surface area contributed by atoms with Crippen LogP contribution in [0.5, 0.6) is 0 Å². The Balaban J connectivity index is 1.73. The van der Waals surface area contributed by atoms with Gasteiger partial charge in [0.05, 0.1) is 18.4 Å². The van der Waals surface area contributed by atoms with Crippen molar-refractivity contribution in [1.29, 1.82) is 0 Å². The van der Waals surface area contributed by atoms with Crippen molar-refractivity contribution >= 4 is 28.9 Å². The molecule has 0 fully saturated rings. The first-order chi connectivity index (χ1) is 12.1. The number of carbonyl (C=O) groups is 2. The summed E-state index contributed by atoms with van der Waals surface area (Å²) in [6.07, 6.45) is 3.53. The van der Waals surface area contributed by atoms with Crippen molar-refractivity contribution in [3.8, 4) is 10.6 Å². The van der Waals surface area contributed by atoms with Crippen molar-refractivity contribution in [2.75, 3.05) is 11.9 Å². The minimum Gasteiger partial charge on any atom is -0.462 e. The molecule has 2 heterocycles. The lowest BCUT2D eigenvalue weighted by atomic mass is 10.2. The predicted molar refractivity (Wildman–Crippen MR) is 94.7 cm³/mol. The molecule has 0 saturated carbocycles. The molecule has 0 bridgehead atoms. The Morgan fingerprint density at radius 3 is 2.92 bits per heavy atom. The van der Waals surface area contributed by atoms with Gasteiger partial charge in [-0.1, -0.05) is 6.07 Å². The average Bonchev–Trinajstić information content (AvgIpc) is 3.24. The van der Waals surface area contributed by atoms with Gasteiger partial charge in [0.15, 0.2) is 0 Å². The Morgan fingerprint density at radius 1 is 1.36 bits per heavy atom. The highest BCUT2D eigenvalue weighted by Crippen LogP contribution is 2.23. The summed E-state index contributed by atoms with van der Waals surface area (Å²) in [5.41, 5.74) is 2.06. The molecule has 0 atom stereocenters. The second-order valence-corrected chi connectivity index (χ2v) is 6.05. The summed E-state index contributed by atoms with van der Waals surface area (Å²) in [6, 6.07) is 6.60. The maximum atomic E-state index is 12.4. The molecule has 3 aromatic rings. The molecule has 0 aliphatic heterocycles. The molecular weight excluding hydrogens is 340 g/mol. The lowest BCUT2D eigenvalue weighted by Gasteiger charge is -2.06. The third kappa shape index (κ3) is 3.92. The van der Waals surface area contributed by atoms with Crippen LogP contribution >= 0.6 is 11.3 Å². The largest absolute Gasteiger partial charge is 0.462 e. The van der Waals surface area contributed by atoms with Crippen LogP contribution in [0, 0.1) is 0 Å². The fourth-order valence-corrected chi connectivity index (χ4v) is 2.95. The van der Waals surface area contributed by atoms with Crippen LogP contribution in [0.2, 0.25) is 0 Å². The van der Waals surface area contributed by atoms with E-state index in [0.29, 0.717) is 23.6 Å². The van der Waals surface area contributed by atoms with Crippen LogP contribution in [-0.2, 0) is 11.8 Å². The van der Waals surface area contributed by atoms with E-state index in [1.807, 2.05) is 13.2 Å². The predicted octanol–water partition coefficient (Wildman–Crippen LogP) is 2.97. The SMILES string of the molecule is CCOC(=O)c1cccc(NC(=O)c2csc(-c3cnn(C)c3)n2)c1. The van der Waals surface area contributed by atoms with E-state index >= 15 is 0 Å². The average molecular weight is 356 g/mol. The molecule has 25 heavy (non-hydrogen) atoms. The highest BCUT2D eigenvalue weighted by molar-refractivity contribution is 7.13. The first kappa shape index (κ1) is 16.8. The zero-order valence-electron chi connectivity index (χ0n) is 13.7. The van der Waals surface area contributed by atoms with Gasteiger partial charge in [-0.05, 0) is 25.1 Å². The van der Waals surface area contributed by atoms with Crippen molar-refractivity contribution in [3.63, 3.8) is 0 Å². The van der Waals surface area contributed by atoms with Crippen LogP contribution in [0.3, 0.4) is 0 Å². The number of thiazole rings is 1. The molecule has 0 spiro atoms. The number of benzene rings is 1. The van der Waals surface area contributed by atoms with Gasteiger partial charge in [0, 0.05) is 29.9 Å². The van der Waals surface area contributed by atoms with Gasteiger partial charge >= 0.3 is 5.97 Å². The minimum absolute atomic E-state index is 0.297. The Kier molecular flexibility index (Phi) is 4.90. The summed E-state index contributed by atoms with van der Waals surface area (Å²) < 4.78 is 6.63. The Labute approximate surface area is 148 Å². The summed E-state index contributed by atoms with van der Waals surface area (Å²) in [6.45, 7) is 2.04. The van der Waals surface area contributed by atoms with Gasteiger partial charge in [-0.2, -0.15) is 5.10 Å². The molecule has 1 amide bonds. The Morgan fingerprint density at radius 2 is 2.20 bits per heavy atom. The minimum atomic E-state index is -0.425. The second-order valence-electron chi connectivity index (χ2n) is 5.20. The van der Waals surface area contributed by atoms with Gasteiger partial charge in [0.25, 0.3) is 5.91 Å². The maximum absolute atomic E-state index is 12.4. The van der Waals surface area contributed by atoms with Crippen LogP contribution in [0.4, 0.5) is 5.69 Å². The van der Waals surface area contributed by atoms with Crippen molar-refractivity contribution in [2.24, 2.45) is 7.05 Å². The first-order valence-corrected chi connectivity index (χ1v) is 8.48. The number of amides is 1. The summed E-state index contributed by atoms with van der Waals surface area (Å²) in [5.74, 6) is -0.765. The molecule has 3 rings (SSSR count). The molecule has 0 saturated heterocycles. The molecular formula is C17H16N4O3S. The Bertz CT molecular complexity index is 916. The molecule has 0 aliphatic rings. The third-order valence-corrected chi connectivity index (χ3v) is 4.21. The highest BCUT2D eigenvalue weighted by Gasteiger charge is 2.14. The van der Waals surface area contributed by atoms with Crippen LogP contribution in [0.15, 0.2) is 42.0 Å². The number of ether oxygens (including phenoxy) is 1. The molecule has 0 radical (unpaired) electrons. The van der Waals surface area contributed by atoms with Crippen molar-refractivity contribution in [1.82, 2.24) is 14.8 Å². The number of hydrogen-bond acceptors (Lipinski definition) is 6. The van der Waals surface area contributed by atoms with E-state index in [4.69, 9.17) is 4.74 Å². The Hall–Kier alpha value is -3.00. The number of aromatic nitrogens is 3. The molecule has 0 unspecified atom stereocenters. The molecule has 1 N–H and O–H groups in total. The highest BCUT2D eigenvalue weighted by atomic mass is 32.1. The quantitative estimate of drug-likeness (QED) is 0.710. The molecule has 7 nitrogen and oxygen atoms in total. The van der Waals surface area contributed by atoms with E-state index in [9.17, 15) is 9.59 Å². The van der Waals surface area contributed by atoms with Gasteiger partial charge in [0.1, 0.15) is 10.7 Å². The number of nitrogens with one attached hydrogen (secondary N) is 1. The van der Waals surface area contributed by atoms with E-state index in [2.05, 4.69) is 15.4 Å².